The summed E-state index contributed by atoms with van der Waals surface area (Å²) in [6.45, 7) is -0.667. The average molecular weight is 466 g/mol. The third-order valence-corrected chi connectivity index (χ3v) is 6.41. The lowest BCUT2D eigenvalue weighted by molar-refractivity contribution is -0.131. The Morgan fingerprint density at radius 2 is 1.84 bits per heavy atom. The highest BCUT2D eigenvalue weighted by atomic mass is 32.2. The largest absolute Gasteiger partial charge is 0.435 e. The van der Waals surface area contributed by atoms with Crippen LogP contribution >= 0.6 is 0 Å². The quantitative estimate of drug-likeness (QED) is 0.614. The van der Waals surface area contributed by atoms with Crippen LogP contribution in [0.25, 0.3) is 0 Å². The standard InChI is InChI=1S/C22H25F2N3O4S/c1-3-4-8-18(25-20-17-7-5-6-9-19(17)32(29,30)26-20)21(28)27(2)14-15-10-12-16(13-11-15)31-22(23)24/h5-7,9-13,18,22H,3-4,8,14H2,1-2H3,(H,25,26). The molecule has 32 heavy (non-hydrogen) atoms. The van der Waals surface area contributed by atoms with E-state index in [1.54, 1.807) is 37.4 Å². The molecule has 172 valence electrons. The summed E-state index contributed by atoms with van der Waals surface area (Å²) >= 11 is 0. The Balaban J connectivity index is 1.78. The van der Waals surface area contributed by atoms with E-state index < -0.39 is 22.7 Å². The first-order chi connectivity index (χ1) is 15.2. The number of hydrogen-bond donors (Lipinski definition) is 1. The fourth-order valence-electron chi connectivity index (χ4n) is 3.41. The Morgan fingerprint density at radius 3 is 2.50 bits per heavy atom. The first kappa shape index (κ1) is 23.6. The van der Waals surface area contributed by atoms with Crippen molar-refractivity contribution < 1.29 is 26.7 Å². The van der Waals surface area contributed by atoms with Crippen LogP contribution in [0.5, 0.6) is 5.75 Å². The molecule has 0 spiro atoms. The molecule has 0 saturated carbocycles. The van der Waals surface area contributed by atoms with Gasteiger partial charge in [-0.15, -0.1) is 0 Å². The number of rotatable bonds is 9. The molecule has 0 fully saturated rings. The monoisotopic (exact) mass is 465 g/mol. The van der Waals surface area contributed by atoms with Gasteiger partial charge in [0.05, 0.1) is 4.90 Å². The van der Waals surface area contributed by atoms with Crippen LogP contribution in [-0.2, 0) is 21.4 Å². The summed E-state index contributed by atoms with van der Waals surface area (Å²) in [6, 6.07) is 11.8. The maximum absolute atomic E-state index is 13.1. The second-order valence-electron chi connectivity index (χ2n) is 7.45. The first-order valence-electron chi connectivity index (χ1n) is 10.2. The summed E-state index contributed by atoms with van der Waals surface area (Å²) in [5.74, 6) is -0.0588. The number of carbonyl (C=O) groups is 1. The second-order valence-corrected chi connectivity index (χ2v) is 9.10. The smallest absolute Gasteiger partial charge is 0.387 e. The number of unbranched alkanes of at least 4 members (excludes halogenated alkanes) is 1. The van der Waals surface area contributed by atoms with E-state index in [2.05, 4.69) is 14.5 Å². The van der Waals surface area contributed by atoms with E-state index in [9.17, 15) is 22.0 Å². The van der Waals surface area contributed by atoms with E-state index in [-0.39, 0.29) is 28.9 Å². The van der Waals surface area contributed by atoms with Gasteiger partial charge in [0.2, 0.25) is 5.91 Å². The van der Waals surface area contributed by atoms with Gasteiger partial charge in [-0.3, -0.25) is 14.5 Å². The molecule has 0 radical (unpaired) electrons. The van der Waals surface area contributed by atoms with Crippen LogP contribution in [0.2, 0.25) is 0 Å². The molecule has 1 unspecified atom stereocenters. The van der Waals surface area contributed by atoms with Gasteiger partial charge in [-0.1, -0.05) is 44.0 Å². The zero-order chi connectivity index (χ0) is 23.3. The summed E-state index contributed by atoms with van der Waals surface area (Å²) in [7, 11) is -2.08. The number of benzene rings is 2. The van der Waals surface area contributed by atoms with Gasteiger partial charge >= 0.3 is 6.61 Å². The van der Waals surface area contributed by atoms with Crippen molar-refractivity contribution in [1.82, 2.24) is 9.62 Å². The number of carbonyl (C=O) groups excluding carboxylic acids is 1. The number of hydrogen-bond acceptors (Lipinski definition) is 5. The summed E-state index contributed by atoms with van der Waals surface area (Å²) in [4.78, 5) is 19.3. The normalized spacial score (nSPS) is 16.5. The van der Waals surface area contributed by atoms with Gasteiger partial charge in [0, 0.05) is 19.2 Å². The number of nitrogens with one attached hydrogen (secondary N) is 1. The lowest BCUT2D eigenvalue weighted by Crippen LogP contribution is -2.36. The molecule has 2 aromatic rings. The molecule has 0 saturated heterocycles. The number of amidine groups is 1. The lowest BCUT2D eigenvalue weighted by Gasteiger charge is -2.22. The lowest BCUT2D eigenvalue weighted by atomic mass is 10.1. The molecule has 1 atom stereocenters. The maximum Gasteiger partial charge on any atom is 0.387 e. The Bertz CT molecular complexity index is 1090. The number of ether oxygens (including phenoxy) is 1. The van der Waals surface area contributed by atoms with Crippen LogP contribution in [-0.4, -0.2) is 44.8 Å². The Morgan fingerprint density at radius 1 is 1.16 bits per heavy atom. The molecule has 0 aliphatic carbocycles. The molecular formula is C22H25F2N3O4S. The number of likely N-dealkylation sites (N-methyl/N-ethyl adjacent to an activating group) is 1. The summed E-state index contributed by atoms with van der Waals surface area (Å²) in [6.07, 6.45) is 2.07. The van der Waals surface area contributed by atoms with Gasteiger partial charge in [-0.05, 0) is 36.2 Å². The van der Waals surface area contributed by atoms with Gasteiger partial charge in [-0.25, -0.2) is 8.42 Å². The molecule has 7 nitrogen and oxygen atoms in total. The SMILES string of the molecule is CCCCC(N=C1NS(=O)(=O)c2ccccc21)C(=O)N(C)Cc1ccc(OC(F)F)cc1. The van der Waals surface area contributed by atoms with Crippen LogP contribution < -0.4 is 9.46 Å². The highest BCUT2D eigenvalue weighted by Crippen LogP contribution is 2.24. The van der Waals surface area contributed by atoms with E-state index >= 15 is 0 Å². The number of nitrogens with zero attached hydrogens (tertiary/aromatic N) is 2. The van der Waals surface area contributed by atoms with E-state index in [0.717, 1.165) is 18.4 Å². The van der Waals surface area contributed by atoms with Crippen molar-refractivity contribution in [2.24, 2.45) is 4.99 Å². The zero-order valence-electron chi connectivity index (χ0n) is 17.8. The van der Waals surface area contributed by atoms with Crippen molar-refractivity contribution in [3.05, 3.63) is 59.7 Å². The van der Waals surface area contributed by atoms with Gasteiger partial charge < -0.3 is 9.64 Å². The molecule has 2 aromatic carbocycles. The van der Waals surface area contributed by atoms with Gasteiger partial charge in [0.1, 0.15) is 17.6 Å². The van der Waals surface area contributed by atoms with Crippen molar-refractivity contribution in [2.75, 3.05) is 7.05 Å². The predicted octanol–water partition coefficient (Wildman–Crippen LogP) is 3.54. The number of alkyl halides is 2. The maximum atomic E-state index is 13.1. The Labute approximate surface area is 186 Å². The highest BCUT2D eigenvalue weighted by molar-refractivity contribution is 7.90. The minimum absolute atomic E-state index is 0.0390. The molecule has 1 heterocycles. The molecule has 0 aromatic heterocycles. The number of aliphatic imine (C=N–C) groups is 1. The Hall–Kier alpha value is -3.01. The third kappa shape index (κ3) is 5.61. The molecular weight excluding hydrogens is 440 g/mol. The third-order valence-electron chi connectivity index (χ3n) is 5.01. The van der Waals surface area contributed by atoms with Crippen LogP contribution in [0.15, 0.2) is 58.4 Å². The molecule has 1 N–H and O–H groups in total. The van der Waals surface area contributed by atoms with Gasteiger partial charge in [0.25, 0.3) is 10.0 Å². The molecule has 1 aliphatic rings. The van der Waals surface area contributed by atoms with Crippen LogP contribution in [0.1, 0.15) is 37.3 Å². The van der Waals surface area contributed by atoms with Crippen molar-refractivity contribution in [3.63, 3.8) is 0 Å². The zero-order valence-corrected chi connectivity index (χ0v) is 18.6. The fraction of sp³-hybridized carbons (Fsp3) is 0.364. The fourth-order valence-corrected chi connectivity index (χ4v) is 4.65. The van der Waals surface area contributed by atoms with Crippen LogP contribution in [0.3, 0.4) is 0 Å². The number of amides is 1. The van der Waals surface area contributed by atoms with E-state index in [4.69, 9.17) is 0 Å². The number of fused-ring (bicyclic) bond motifs is 1. The number of sulfonamides is 1. The molecule has 1 aliphatic heterocycles. The van der Waals surface area contributed by atoms with E-state index in [1.807, 2.05) is 6.92 Å². The van der Waals surface area contributed by atoms with Crippen LogP contribution in [0, 0.1) is 0 Å². The first-order valence-corrected chi connectivity index (χ1v) is 11.7. The van der Waals surface area contributed by atoms with Gasteiger partial charge in [0.15, 0.2) is 0 Å². The minimum Gasteiger partial charge on any atom is -0.435 e. The van der Waals surface area contributed by atoms with E-state index in [0.29, 0.717) is 12.0 Å². The van der Waals surface area contributed by atoms with Gasteiger partial charge in [-0.2, -0.15) is 8.78 Å². The van der Waals surface area contributed by atoms with Crippen molar-refractivity contribution >= 4 is 21.8 Å². The Kier molecular flexibility index (Phi) is 7.44. The summed E-state index contributed by atoms with van der Waals surface area (Å²) < 4.78 is 56.1. The molecule has 1 amide bonds. The number of halogens is 2. The summed E-state index contributed by atoms with van der Waals surface area (Å²) in [5.41, 5.74) is 1.18. The van der Waals surface area contributed by atoms with E-state index in [1.165, 1.54) is 23.1 Å². The molecule has 3 rings (SSSR count). The summed E-state index contributed by atoms with van der Waals surface area (Å²) in [5, 5.41) is 0. The average Bonchev–Trinajstić information content (AvgIpc) is 3.01. The molecule has 10 heteroatoms. The topological polar surface area (TPSA) is 88.1 Å². The highest BCUT2D eigenvalue weighted by Gasteiger charge is 2.32. The molecule has 0 bridgehead atoms. The van der Waals surface area contributed by atoms with Crippen molar-refractivity contribution in [1.29, 1.82) is 0 Å². The predicted molar refractivity (Wildman–Crippen MR) is 116 cm³/mol. The van der Waals surface area contributed by atoms with Crippen molar-refractivity contribution in [2.45, 2.75) is 50.3 Å². The van der Waals surface area contributed by atoms with Crippen LogP contribution in [0.4, 0.5) is 8.78 Å². The minimum atomic E-state index is -3.70. The van der Waals surface area contributed by atoms with Crippen molar-refractivity contribution in [3.8, 4) is 5.75 Å². The second kappa shape index (κ2) is 10.1.